The van der Waals surface area contributed by atoms with Crippen LogP contribution >= 0.6 is 11.9 Å². The van der Waals surface area contributed by atoms with Gasteiger partial charge in [0.25, 0.3) is 0 Å². The zero-order chi connectivity index (χ0) is 35.0. The Morgan fingerprint density at radius 1 is 0.833 bits per heavy atom. The normalized spacial score (nSPS) is 14.1. The second-order valence-corrected chi connectivity index (χ2v) is 14.7. The van der Waals surface area contributed by atoms with Gasteiger partial charge in [0.15, 0.2) is 0 Å². The number of hydrogen-bond acceptors (Lipinski definition) is 6. The van der Waals surface area contributed by atoms with Crippen molar-refractivity contribution < 1.29 is 15.0 Å². The largest absolute Gasteiger partial charge is 0.400 e. The van der Waals surface area contributed by atoms with Gasteiger partial charge in [-0.25, -0.2) is 0 Å². The summed E-state index contributed by atoms with van der Waals surface area (Å²) in [6.45, 7) is 12.6. The van der Waals surface area contributed by atoms with Crippen LogP contribution < -0.4 is 9.62 Å². The number of rotatable bonds is 7. The lowest BCUT2D eigenvalue weighted by atomic mass is 9.80. The molecular formula is C42H54N2O3S. The van der Waals surface area contributed by atoms with Crippen LogP contribution in [0.4, 0.5) is 11.4 Å². The highest BCUT2D eigenvalue weighted by atomic mass is 32.2. The number of nitrogens with one attached hydrogen (secondary N) is 1. The molecule has 0 unspecified atom stereocenters. The Balaban J connectivity index is 0.000000682. The molecular weight excluding hydrogens is 613 g/mol. The second-order valence-electron chi connectivity index (χ2n) is 13.9. The Bertz CT molecular complexity index is 1660. The van der Waals surface area contributed by atoms with E-state index in [1.165, 1.54) is 99.1 Å². The Kier molecular flexibility index (Phi) is 12.9. The van der Waals surface area contributed by atoms with Gasteiger partial charge in [-0.05, 0) is 123 Å². The first-order chi connectivity index (χ1) is 23.0. The van der Waals surface area contributed by atoms with E-state index in [4.69, 9.17) is 10.2 Å². The van der Waals surface area contributed by atoms with Crippen LogP contribution in [0.3, 0.4) is 0 Å². The molecule has 0 saturated heterocycles. The summed E-state index contributed by atoms with van der Waals surface area (Å²) in [7, 11) is 1.00. The summed E-state index contributed by atoms with van der Waals surface area (Å²) >= 11 is 1.76. The molecule has 48 heavy (non-hydrogen) atoms. The zero-order valence-electron chi connectivity index (χ0n) is 30.1. The number of fused-ring (bicyclic) bond motifs is 3. The molecule has 6 rings (SSSR count). The van der Waals surface area contributed by atoms with Crippen LogP contribution in [-0.4, -0.2) is 41.5 Å². The van der Waals surface area contributed by atoms with Gasteiger partial charge in [0, 0.05) is 37.1 Å². The Hall–Kier alpha value is -3.58. The number of carbonyl (C=O) groups excluding carboxylic acids is 1. The number of aldehydes is 1. The SMILES string of the molecule is CC(C)(C)O.CO.CSN1Cc2ccc(-c3ccc(NC4CCCCC4)cc3)cc2-c2c(C)c(-c3ccc(C)cc3)c(CC=O)c(C)c21. The Labute approximate surface area is 292 Å². The van der Waals surface area contributed by atoms with Gasteiger partial charge in [-0.1, -0.05) is 85.3 Å². The fourth-order valence-electron chi connectivity index (χ4n) is 6.90. The van der Waals surface area contributed by atoms with Crippen molar-refractivity contribution in [2.75, 3.05) is 23.0 Å². The minimum absolute atomic E-state index is 0.416. The van der Waals surface area contributed by atoms with Gasteiger partial charge in [-0.2, -0.15) is 0 Å². The van der Waals surface area contributed by atoms with Crippen molar-refractivity contribution in [2.24, 2.45) is 0 Å². The first-order valence-electron chi connectivity index (χ1n) is 17.1. The Morgan fingerprint density at radius 3 is 2.00 bits per heavy atom. The number of aliphatic hydroxyl groups excluding tert-OH is 1. The summed E-state index contributed by atoms with van der Waals surface area (Å²) in [5, 5.41) is 19.3. The van der Waals surface area contributed by atoms with Gasteiger partial charge in [-0.3, -0.25) is 0 Å². The van der Waals surface area contributed by atoms with Crippen molar-refractivity contribution in [3.8, 4) is 33.4 Å². The van der Waals surface area contributed by atoms with Crippen LogP contribution in [0.5, 0.6) is 0 Å². The first kappa shape index (κ1) is 37.2. The third kappa shape index (κ3) is 8.90. The quantitative estimate of drug-likeness (QED) is 0.135. The molecule has 0 atom stereocenters. The number of benzene rings is 4. The van der Waals surface area contributed by atoms with Crippen LogP contribution in [-0.2, 0) is 17.8 Å². The summed E-state index contributed by atoms with van der Waals surface area (Å²) in [6, 6.07) is 25.3. The van der Waals surface area contributed by atoms with Crippen LogP contribution in [0.2, 0.25) is 0 Å². The van der Waals surface area contributed by atoms with Crippen molar-refractivity contribution in [1.82, 2.24) is 0 Å². The molecule has 5 nitrogen and oxygen atoms in total. The molecule has 0 spiro atoms. The molecule has 1 aliphatic carbocycles. The maximum absolute atomic E-state index is 11.9. The molecule has 2 aliphatic rings. The highest BCUT2D eigenvalue weighted by Gasteiger charge is 2.30. The molecule has 6 heteroatoms. The predicted octanol–water partition coefficient (Wildman–Crippen LogP) is 10.1. The summed E-state index contributed by atoms with van der Waals surface area (Å²) in [6.07, 6.45) is 10.2. The molecule has 0 radical (unpaired) electrons. The summed E-state index contributed by atoms with van der Waals surface area (Å²) in [5.74, 6) is 0. The van der Waals surface area contributed by atoms with Gasteiger partial charge in [0.2, 0.25) is 0 Å². The van der Waals surface area contributed by atoms with E-state index in [-0.39, 0.29) is 0 Å². The lowest BCUT2D eigenvalue weighted by Crippen LogP contribution is -2.22. The predicted molar refractivity (Wildman–Crippen MR) is 207 cm³/mol. The Morgan fingerprint density at radius 2 is 1.42 bits per heavy atom. The average molecular weight is 667 g/mol. The van der Waals surface area contributed by atoms with E-state index in [2.05, 4.69) is 103 Å². The number of hydrogen-bond donors (Lipinski definition) is 3. The van der Waals surface area contributed by atoms with Gasteiger partial charge >= 0.3 is 0 Å². The van der Waals surface area contributed by atoms with Gasteiger partial charge in [0.05, 0.1) is 17.8 Å². The molecule has 4 aromatic carbocycles. The molecule has 3 N–H and O–H groups in total. The van der Waals surface area contributed by atoms with Gasteiger partial charge in [0.1, 0.15) is 6.29 Å². The van der Waals surface area contributed by atoms with Crippen LogP contribution in [0, 0.1) is 20.8 Å². The fourth-order valence-corrected chi connectivity index (χ4v) is 7.57. The summed E-state index contributed by atoms with van der Waals surface area (Å²) < 4.78 is 2.40. The minimum atomic E-state index is -0.500. The lowest BCUT2D eigenvalue weighted by Gasteiger charge is -2.36. The molecule has 4 aromatic rings. The van der Waals surface area contributed by atoms with Crippen molar-refractivity contribution in [3.05, 3.63) is 94.5 Å². The van der Waals surface area contributed by atoms with E-state index in [1.807, 2.05) is 0 Å². The molecule has 0 aromatic heterocycles. The van der Waals surface area contributed by atoms with E-state index in [1.54, 1.807) is 32.7 Å². The van der Waals surface area contributed by atoms with Crippen molar-refractivity contribution in [1.29, 1.82) is 0 Å². The zero-order valence-corrected chi connectivity index (χ0v) is 30.9. The number of carbonyl (C=O) groups is 1. The van der Waals surface area contributed by atoms with Gasteiger partial charge < -0.3 is 24.6 Å². The van der Waals surface area contributed by atoms with Crippen LogP contribution in [0.1, 0.15) is 80.7 Å². The number of anilines is 2. The summed E-state index contributed by atoms with van der Waals surface area (Å²) in [5.41, 5.74) is 15.6. The highest BCUT2D eigenvalue weighted by Crippen LogP contribution is 2.50. The van der Waals surface area contributed by atoms with Crippen molar-refractivity contribution in [3.63, 3.8) is 0 Å². The summed E-state index contributed by atoms with van der Waals surface area (Å²) in [4.78, 5) is 11.9. The molecule has 1 saturated carbocycles. The number of aryl methyl sites for hydroxylation is 1. The maximum Gasteiger partial charge on any atom is 0.124 e. The van der Waals surface area contributed by atoms with E-state index in [0.29, 0.717) is 12.5 Å². The smallest absolute Gasteiger partial charge is 0.124 e. The average Bonchev–Trinajstić information content (AvgIpc) is 3.08. The van der Waals surface area contributed by atoms with Gasteiger partial charge in [-0.15, -0.1) is 0 Å². The van der Waals surface area contributed by atoms with Crippen LogP contribution in [0.25, 0.3) is 33.4 Å². The number of nitrogens with zero attached hydrogens (tertiary/aromatic N) is 1. The minimum Gasteiger partial charge on any atom is -0.400 e. The lowest BCUT2D eigenvalue weighted by molar-refractivity contribution is -0.107. The molecule has 0 amide bonds. The molecule has 256 valence electrons. The second kappa shape index (κ2) is 16.7. The molecule has 0 bridgehead atoms. The molecule has 1 aliphatic heterocycles. The van der Waals surface area contributed by atoms with E-state index < -0.39 is 5.60 Å². The standard InChI is InChI=1S/C37H40N2OS.C4H10O.CH4O/c1-24-10-12-28(13-11-24)35-26(3)36-34-22-29(27-16-18-32(19-17-27)38-31-8-6-5-7-9-31)14-15-30(34)23-39(41-4)37(36)25(2)33(35)20-21-40;1-4(2,3)5;1-2/h10-19,21-22,31,38H,5-9,20,23H2,1-4H3;5H,1-3H3;2H,1H3. The third-order valence-corrected chi connectivity index (χ3v) is 9.83. The highest BCUT2D eigenvalue weighted by molar-refractivity contribution is 7.99. The molecule has 1 heterocycles. The number of aliphatic hydroxyl groups is 2. The van der Waals surface area contributed by atoms with Crippen molar-refractivity contribution >= 4 is 29.6 Å². The monoisotopic (exact) mass is 666 g/mol. The van der Waals surface area contributed by atoms with Crippen molar-refractivity contribution in [2.45, 2.75) is 98.3 Å². The van der Waals surface area contributed by atoms with Crippen LogP contribution in [0.15, 0.2) is 66.7 Å². The first-order valence-corrected chi connectivity index (χ1v) is 18.3. The van der Waals surface area contributed by atoms with E-state index in [9.17, 15) is 4.79 Å². The fraction of sp³-hybridized carbons (Fsp3) is 0.405. The maximum atomic E-state index is 11.9. The molecule has 1 fully saturated rings. The van der Waals surface area contributed by atoms with E-state index >= 15 is 0 Å². The van der Waals surface area contributed by atoms with E-state index in [0.717, 1.165) is 25.5 Å². The third-order valence-electron chi connectivity index (χ3n) is 9.08. The topological polar surface area (TPSA) is 72.8 Å².